The molecule has 0 aliphatic heterocycles. The van der Waals surface area contributed by atoms with Gasteiger partial charge in [0.25, 0.3) is 0 Å². The number of amides is 2. The fourth-order valence-corrected chi connectivity index (χ4v) is 1.12. The lowest BCUT2D eigenvalue weighted by molar-refractivity contribution is -0.120. The number of unbranched alkanes of at least 4 members (excludes halogenated alkanes) is 4. The SMILES string of the molecule is CCCCCCCC(=O)NC(=O)OC. The molecule has 0 saturated carbocycles. The summed E-state index contributed by atoms with van der Waals surface area (Å²) in [6, 6.07) is 0. The van der Waals surface area contributed by atoms with Crippen LogP contribution in [-0.2, 0) is 9.53 Å². The molecule has 0 fully saturated rings. The Kier molecular flexibility index (Phi) is 7.89. The normalized spacial score (nSPS) is 9.57. The average Bonchev–Trinajstić information content (AvgIpc) is 2.17. The van der Waals surface area contributed by atoms with Gasteiger partial charge in [-0.05, 0) is 6.42 Å². The van der Waals surface area contributed by atoms with Crippen LogP contribution in [0, 0.1) is 0 Å². The molecule has 82 valence electrons. The molecular formula is C10H19NO3. The molecule has 1 N–H and O–H groups in total. The van der Waals surface area contributed by atoms with E-state index >= 15 is 0 Å². The summed E-state index contributed by atoms with van der Waals surface area (Å²) in [5.41, 5.74) is 0. The lowest BCUT2D eigenvalue weighted by atomic mass is 10.1. The van der Waals surface area contributed by atoms with E-state index in [4.69, 9.17) is 0 Å². The van der Waals surface area contributed by atoms with Gasteiger partial charge >= 0.3 is 6.09 Å². The number of rotatable bonds is 6. The van der Waals surface area contributed by atoms with Crippen molar-refractivity contribution in [3.05, 3.63) is 0 Å². The molecule has 0 aromatic carbocycles. The molecule has 0 heterocycles. The molecule has 0 aliphatic carbocycles. The van der Waals surface area contributed by atoms with Gasteiger partial charge in [0.05, 0.1) is 7.11 Å². The number of alkyl carbamates (subject to hydrolysis) is 1. The summed E-state index contributed by atoms with van der Waals surface area (Å²) < 4.78 is 4.29. The molecule has 0 rings (SSSR count). The molecule has 4 heteroatoms. The van der Waals surface area contributed by atoms with Gasteiger partial charge in [-0.25, -0.2) is 4.79 Å². The first kappa shape index (κ1) is 12.9. The molecule has 2 amide bonds. The molecule has 0 saturated heterocycles. The van der Waals surface area contributed by atoms with Gasteiger partial charge < -0.3 is 4.74 Å². The zero-order valence-electron chi connectivity index (χ0n) is 8.97. The van der Waals surface area contributed by atoms with Crippen LogP contribution in [0.3, 0.4) is 0 Å². The van der Waals surface area contributed by atoms with E-state index in [9.17, 15) is 9.59 Å². The minimum Gasteiger partial charge on any atom is -0.453 e. The maximum absolute atomic E-state index is 11.0. The monoisotopic (exact) mass is 201 g/mol. The first-order valence-corrected chi connectivity index (χ1v) is 5.08. The molecular weight excluding hydrogens is 182 g/mol. The van der Waals surface area contributed by atoms with Crippen LogP contribution in [0.25, 0.3) is 0 Å². The molecule has 0 unspecified atom stereocenters. The van der Waals surface area contributed by atoms with Gasteiger partial charge in [-0.15, -0.1) is 0 Å². The van der Waals surface area contributed by atoms with Crippen LogP contribution >= 0.6 is 0 Å². The number of imide groups is 1. The maximum Gasteiger partial charge on any atom is 0.413 e. The standard InChI is InChI=1S/C10H19NO3/c1-3-4-5-6-7-8-9(12)11-10(13)14-2/h3-8H2,1-2H3,(H,11,12,13). The summed E-state index contributed by atoms with van der Waals surface area (Å²) >= 11 is 0. The minimum atomic E-state index is -0.677. The van der Waals surface area contributed by atoms with Crippen molar-refractivity contribution in [3.8, 4) is 0 Å². The predicted octanol–water partition coefficient (Wildman–Crippen LogP) is 2.23. The summed E-state index contributed by atoms with van der Waals surface area (Å²) in [5.74, 6) is -0.256. The topological polar surface area (TPSA) is 55.4 Å². The number of carbonyl (C=O) groups excluding carboxylic acids is 2. The van der Waals surface area contributed by atoms with Crippen LogP contribution in [0.15, 0.2) is 0 Å². The van der Waals surface area contributed by atoms with Crippen molar-refractivity contribution in [1.82, 2.24) is 5.32 Å². The summed E-state index contributed by atoms with van der Waals surface area (Å²) in [4.78, 5) is 21.6. The van der Waals surface area contributed by atoms with Crippen LogP contribution in [0.1, 0.15) is 45.4 Å². The second-order valence-corrected chi connectivity index (χ2v) is 3.20. The minimum absolute atomic E-state index is 0.256. The summed E-state index contributed by atoms with van der Waals surface area (Å²) in [5, 5.41) is 2.12. The Bertz CT molecular complexity index is 180. The molecule has 0 bridgehead atoms. The zero-order chi connectivity index (χ0) is 10.8. The number of carbonyl (C=O) groups is 2. The Balaban J connectivity index is 3.31. The van der Waals surface area contributed by atoms with E-state index in [0.717, 1.165) is 19.3 Å². The van der Waals surface area contributed by atoms with Gasteiger partial charge in [-0.3, -0.25) is 10.1 Å². The van der Waals surface area contributed by atoms with Gasteiger partial charge in [-0.1, -0.05) is 32.6 Å². The van der Waals surface area contributed by atoms with Crippen LogP contribution in [-0.4, -0.2) is 19.1 Å². The maximum atomic E-state index is 11.0. The van der Waals surface area contributed by atoms with E-state index in [-0.39, 0.29) is 5.91 Å². The van der Waals surface area contributed by atoms with Gasteiger partial charge in [-0.2, -0.15) is 0 Å². The molecule has 0 spiro atoms. The highest BCUT2D eigenvalue weighted by molar-refractivity contribution is 5.91. The third kappa shape index (κ3) is 7.58. The highest BCUT2D eigenvalue weighted by atomic mass is 16.5. The molecule has 0 aromatic heterocycles. The van der Waals surface area contributed by atoms with Crippen molar-refractivity contribution in [3.63, 3.8) is 0 Å². The van der Waals surface area contributed by atoms with Crippen molar-refractivity contribution in [1.29, 1.82) is 0 Å². The second kappa shape index (κ2) is 8.53. The van der Waals surface area contributed by atoms with Crippen molar-refractivity contribution in [2.75, 3.05) is 7.11 Å². The van der Waals surface area contributed by atoms with E-state index in [1.807, 2.05) is 0 Å². The number of hydrogen-bond acceptors (Lipinski definition) is 3. The number of methoxy groups -OCH3 is 1. The van der Waals surface area contributed by atoms with Crippen molar-refractivity contribution < 1.29 is 14.3 Å². The van der Waals surface area contributed by atoms with E-state index < -0.39 is 6.09 Å². The highest BCUT2D eigenvalue weighted by Gasteiger charge is 2.05. The number of nitrogens with one attached hydrogen (secondary N) is 1. The summed E-state index contributed by atoms with van der Waals surface area (Å²) in [6.07, 6.45) is 5.16. The number of ether oxygens (including phenoxy) is 1. The van der Waals surface area contributed by atoms with Crippen molar-refractivity contribution in [2.24, 2.45) is 0 Å². The Morgan fingerprint density at radius 1 is 1.14 bits per heavy atom. The van der Waals surface area contributed by atoms with Gasteiger partial charge in [0.2, 0.25) is 5.91 Å². The van der Waals surface area contributed by atoms with Crippen molar-refractivity contribution in [2.45, 2.75) is 45.4 Å². The van der Waals surface area contributed by atoms with Crippen molar-refractivity contribution >= 4 is 12.0 Å². The Labute approximate surface area is 85.0 Å². The van der Waals surface area contributed by atoms with Gasteiger partial charge in [0.1, 0.15) is 0 Å². The highest BCUT2D eigenvalue weighted by Crippen LogP contribution is 2.04. The summed E-state index contributed by atoms with van der Waals surface area (Å²) in [6.45, 7) is 2.14. The predicted molar refractivity (Wildman–Crippen MR) is 53.9 cm³/mol. The lowest BCUT2D eigenvalue weighted by Crippen LogP contribution is -2.29. The lowest BCUT2D eigenvalue weighted by Gasteiger charge is -2.02. The third-order valence-corrected chi connectivity index (χ3v) is 1.93. The van der Waals surface area contributed by atoms with Gasteiger partial charge in [0.15, 0.2) is 0 Å². The fraction of sp³-hybridized carbons (Fsp3) is 0.800. The molecule has 0 aliphatic rings. The first-order chi connectivity index (χ1) is 6.70. The molecule has 0 radical (unpaired) electrons. The largest absolute Gasteiger partial charge is 0.453 e. The fourth-order valence-electron chi connectivity index (χ4n) is 1.12. The van der Waals surface area contributed by atoms with E-state index in [2.05, 4.69) is 17.0 Å². The average molecular weight is 201 g/mol. The number of hydrogen-bond donors (Lipinski definition) is 1. The van der Waals surface area contributed by atoms with E-state index in [1.54, 1.807) is 0 Å². The zero-order valence-corrected chi connectivity index (χ0v) is 8.97. The summed E-state index contributed by atoms with van der Waals surface area (Å²) in [7, 11) is 1.24. The molecule has 14 heavy (non-hydrogen) atoms. The smallest absolute Gasteiger partial charge is 0.413 e. The van der Waals surface area contributed by atoms with Gasteiger partial charge in [0, 0.05) is 6.42 Å². The molecule has 0 aromatic rings. The van der Waals surface area contributed by atoms with Crippen LogP contribution in [0.2, 0.25) is 0 Å². The van der Waals surface area contributed by atoms with E-state index in [0.29, 0.717) is 6.42 Å². The second-order valence-electron chi connectivity index (χ2n) is 3.20. The third-order valence-electron chi connectivity index (χ3n) is 1.93. The van der Waals surface area contributed by atoms with Crippen LogP contribution in [0.4, 0.5) is 4.79 Å². The Morgan fingerprint density at radius 2 is 1.79 bits per heavy atom. The first-order valence-electron chi connectivity index (χ1n) is 5.08. The molecule has 4 nitrogen and oxygen atoms in total. The molecule has 0 atom stereocenters. The van der Waals surface area contributed by atoms with Crippen LogP contribution < -0.4 is 5.32 Å². The Morgan fingerprint density at radius 3 is 2.36 bits per heavy atom. The van der Waals surface area contributed by atoms with Crippen LogP contribution in [0.5, 0.6) is 0 Å². The van der Waals surface area contributed by atoms with E-state index in [1.165, 1.54) is 20.0 Å². The quantitative estimate of drug-likeness (QED) is 0.670. The Hall–Kier alpha value is -1.06.